The van der Waals surface area contributed by atoms with Gasteiger partial charge in [-0.25, -0.2) is 5.43 Å². The largest absolute Gasteiger partial charge is 0.322 e. The van der Waals surface area contributed by atoms with Crippen LogP contribution >= 0.6 is 11.6 Å². The highest BCUT2D eigenvalue weighted by molar-refractivity contribution is 6.31. The fraction of sp³-hybridized carbons (Fsp3) is 0.0455. The Morgan fingerprint density at radius 3 is 2.14 bits per heavy atom. The van der Waals surface area contributed by atoms with Gasteiger partial charge in [0.15, 0.2) is 0 Å². The van der Waals surface area contributed by atoms with Crippen molar-refractivity contribution >= 4 is 34.8 Å². The number of amides is 2. The van der Waals surface area contributed by atoms with Crippen molar-refractivity contribution in [2.75, 3.05) is 5.32 Å². The van der Waals surface area contributed by atoms with Crippen molar-refractivity contribution in [3.05, 3.63) is 101 Å². The van der Waals surface area contributed by atoms with Gasteiger partial charge in [-0.05, 0) is 55.0 Å². The highest BCUT2D eigenvalue weighted by atomic mass is 35.5. The zero-order chi connectivity index (χ0) is 19.9. The van der Waals surface area contributed by atoms with E-state index in [9.17, 15) is 9.59 Å². The third-order valence-electron chi connectivity index (χ3n) is 4.01. The molecular weight excluding hydrogens is 374 g/mol. The smallest absolute Gasteiger partial charge is 0.271 e. The maximum Gasteiger partial charge on any atom is 0.271 e. The average Bonchev–Trinajstić information content (AvgIpc) is 2.73. The highest BCUT2D eigenvalue weighted by Gasteiger charge is 2.07. The summed E-state index contributed by atoms with van der Waals surface area (Å²) in [6.07, 6.45) is 0. The van der Waals surface area contributed by atoms with Crippen LogP contribution in [-0.2, 0) is 0 Å². The van der Waals surface area contributed by atoms with Gasteiger partial charge in [0.05, 0.1) is 5.71 Å². The maximum absolute atomic E-state index is 12.2. The number of rotatable bonds is 5. The number of hydrogen-bond acceptors (Lipinski definition) is 3. The predicted octanol–water partition coefficient (Wildman–Crippen LogP) is 4.75. The molecule has 0 heterocycles. The lowest BCUT2D eigenvalue weighted by atomic mass is 10.1. The van der Waals surface area contributed by atoms with E-state index in [2.05, 4.69) is 15.8 Å². The summed E-state index contributed by atoms with van der Waals surface area (Å²) >= 11 is 5.89. The van der Waals surface area contributed by atoms with Crippen LogP contribution in [0.2, 0.25) is 5.02 Å². The van der Waals surface area contributed by atoms with Gasteiger partial charge in [-0.2, -0.15) is 5.10 Å². The van der Waals surface area contributed by atoms with Gasteiger partial charge in [-0.3, -0.25) is 9.59 Å². The topological polar surface area (TPSA) is 70.6 Å². The predicted molar refractivity (Wildman–Crippen MR) is 112 cm³/mol. The van der Waals surface area contributed by atoms with Crippen molar-refractivity contribution in [2.45, 2.75) is 6.92 Å². The molecule has 3 aromatic carbocycles. The lowest BCUT2D eigenvalue weighted by Crippen LogP contribution is -2.19. The molecule has 0 saturated carbocycles. The molecule has 0 aliphatic rings. The molecular formula is C22H18ClN3O2. The number of carbonyl (C=O) groups is 2. The molecule has 0 spiro atoms. The molecule has 140 valence electrons. The van der Waals surface area contributed by atoms with Crippen LogP contribution in [-0.4, -0.2) is 17.5 Å². The summed E-state index contributed by atoms with van der Waals surface area (Å²) in [5.41, 5.74) is 5.67. The Bertz CT molecular complexity index is 1020. The number of nitrogens with one attached hydrogen (secondary N) is 2. The van der Waals surface area contributed by atoms with E-state index in [0.717, 1.165) is 5.56 Å². The van der Waals surface area contributed by atoms with Crippen LogP contribution in [0, 0.1) is 0 Å². The molecule has 2 amide bonds. The molecule has 0 bridgehead atoms. The molecule has 0 aliphatic heterocycles. The molecule has 0 unspecified atom stereocenters. The monoisotopic (exact) mass is 391 g/mol. The summed E-state index contributed by atoms with van der Waals surface area (Å²) in [5.74, 6) is -0.513. The van der Waals surface area contributed by atoms with Gasteiger partial charge in [-0.1, -0.05) is 48.0 Å². The van der Waals surface area contributed by atoms with Crippen molar-refractivity contribution in [3.8, 4) is 0 Å². The summed E-state index contributed by atoms with van der Waals surface area (Å²) in [6.45, 7) is 1.79. The molecule has 0 atom stereocenters. The van der Waals surface area contributed by atoms with Gasteiger partial charge < -0.3 is 5.32 Å². The van der Waals surface area contributed by atoms with Crippen LogP contribution in [0.4, 0.5) is 5.69 Å². The fourth-order valence-corrected chi connectivity index (χ4v) is 2.67. The van der Waals surface area contributed by atoms with Crippen LogP contribution in [0.15, 0.2) is 84.0 Å². The normalized spacial score (nSPS) is 11.0. The minimum atomic E-state index is -0.339. The van der Waals surface area contributed by atoms with Crippen LogP contribution < -0.4 is 10.7 Å². The zero-order valence-electron chi connectivity index (χ0n) is 15.1. The minimum absolute atomic E-state index is 0.174. The first-order valence-corrected chi connectivity index (χ1v) is 8.98. The van der Waals surface area contributed by atoms with Gasteiger partial charge >= 0.3 is 0 Å². The standard InChI is InChI=1S/C22H18ClN3O2/c1-15(25-26-22(28)18-8-5-9-19(23)14-18)16-10-12-20(13-11-16)24-21(27)17-6-3-2-4-7-17/h2-14H,1H3,(H,24,27)(H,26,28)/b25-15-. The van der Waals surface area contributed by atoms with Crippen LogP contribution in [0.3, 0.4) is 0 Å². The van der Waals surface area contributed by atoms with Gasteiger partial charge in [0.25, 0.3) is 11.8 Å². The molecule has 6 heteroatoms. The second-order valence-corrected chi connectivity index (χ2v) is 6.48. The van der Waals surface area contributed by atoms with Crippen LogP contribution in [0.1, 0.15) is 33.2 Å². The van der Waals surface area contributed by atoms with Crippen molar-refractivity contribution in [2.24, 2.45) is 5.10 Å². The number of halogens is 1. The van der Waals surface area contributed by atoms with Crippen molar-refractivity contribution in [3.63, 3.8) is 0 Å². The second-order valence-electron chi connectivity index (χ2n) is 6.05. The molecule has 2 N–H and O–H groups in total. The Morgan fingerprint density at radius 2 is 1.46 bits per heavy atom. The first kappa shape index (κ1) is 19.3. The third-order valence-corrected chi connectivity index (χ3v) is 4.24. The quantitative estimate of drug-likeness (QED) is 0.487. The molecule has 5 nitrogen and oxygen atoms in total. The summed E-state index contributed by atoms with van der Waals surface area (Å²) < 4.78 is 0. The molecule has 3 aromatic rings. The van der Waals surface area contributed by atoms with Crippen LogP contribution in [0.25, 0.3) is 0 Å². The Labute approximate surface area is 168 Å². The Kier molecular flexibility index (Phi) is 6.19. The SMILES string of the molecule is C/C(=N/NC(=O)c1cccc(Cl)c1)c1ccc(NC(=O)c2ccccc2)cc1. The first-order valence-electron chi connectivity index (χ1n) is 8.60. The minimum Gasteiger partial charge on any atom is -0.322 e. The number of nitrogens with zero attached hydrogens (tertiary/aromatic N) is 1. The van der Waals surface area contributed by atoms with Crippen molar-refractivity contribution in [1.82, 2.24) is 5.43 Å². The molecule has 0 radical (unpaired) electrons. The molecule has 0 fully saturated rings. The summed E-state index contributed by atoms with van der Waals surface area (Å²) in [6, 6.07) is 22.9. The van der Waals surface area contributed by atoms with E-state index >= 15 is 0 Å². The molecule has 0 saturated heterocycles. The third kappa shape index (κ3) is 5.05. The Hall–Kier alpha value is -3.44. The van der Waals surface area contributed by atoms with Gasteiger partial charge in [-0.15, -0.1) is 0 Å². The lowest BCUT2D eigenvalue weighted by molar-refractivity contribution is 0.0954. The lowest BCUT2D eigenvalue weighted by Gasteiger charge is -2.07. The molecule has 0 aromatic heterocycles. The second kappa shape index (κ2) is 8.97. The van der Waals surface area contributed by atoms with Gasteiger partial charge in [0.1, 0.15) is 0 Å². The number of anilines is 1. The van der Waals surface area contributed by atoms with E-state index < -0.39 is 0 Å². The van der Waals surface area contributed by atoms with Gasteiger partial charge in [0.2, 0.25) is 0 Å². The van der Waals surface area contributed by atoms with Crippen LogP contribution in [0.5, 0.6) is 0 Å². The van der Waals surface area contributed by atoms with Crippen molar-refractivity contribution in [1.29, 1.82) is 0 Å². The number of benzene rings is 3. The summed E-state index contributed by atoms with van der Waals surface area (Å²) in [7, 11) is 0. The Morgan fingerprint density at radius 1 is 0.786 bits per heavy atom. The molecule has 3 rings (SSSR count). The zero-order valence-corrected chi connectivity index (χ0v) is 15.9. The maximum atomic E-state index is 12.2. The van der Waals surface area contributed by atoms with E-state index in [1.807, 2.05) is 30.3 Å². The Balaban J connectivity index is 1.63. The van der Waals surface area contributed by atoms with E-state index in [1.165, 1.54) is 0 Å². The number of hydrazone groups is 1. The average molecular weight is 392 g/mol. The van der Waals surface area contributed by atoms with E-state index in [1.54, 1.807) is 55.5 Å². The van der Waals surface area contributed by atoms with E-state index in [-0.39, 0.29) is 11.8 Å². The number of carbonyl (C=O) groups excluding carboxylic acids is 2. The van der Waals surface area contributed by atoms with E-state index in [0.29, 0.717) is 27.5 Å². The fourth-order valence-electron chi connectivity index (χ4n) is 2.48. The molecule has 28 heavy (non-hydrogen) atoms. The summed E-state index contributed by atoms with van der Waals surface area (Å²) in [4.78, 5) is 24.3. The van der Waals surface area contributed by atoms with Crippen molar-refractivity contribution < 1.29 is 9.59 Å². The first-order chi connectivity index (χ1) is 13.5. The summed E-state index contributed by atoms with van der Waals surface area (Å²) in [5, 5.41) is 7.45. The van der Waals surface area contributed by atoms with Gasteiger partial charge in [0, 0.05) is 21.8 Å². The highest BCUT2D eigenvalue weighted by Crippen LogP contribution is 2.13. The van der Waals surface area contributed by atoms with E-state index in [4.69, 9.17) is 11.6 Å². The number of hydrogen-bond donors (Lipinski definition) is 2. The molecule has 0 aliphatic carbocycles.